The maximum Gasteiger partial charge on any atom is 0.159 e. The molecule has 0 atom stereocenters. The van der Waals surface area contributed by atoms with Crippen molar-refractivity contribution in [3.63, 3.8) is 0 Å². The summed E-state index contributed by atoms with van der Waals surface area (Å²) in [5, 5.41) is 0.275. The fraction of sp³-hybridized carbons (Fsp3) is 1.00. The van der Waals surface area contributed by atoms with Crippen LogP contribution in [0.3, 0.4) is 0 Å². The minimum atomic E-state index is -2.74. The topological polar surface area (TPSA) is 34.1 Å². The maximum absolute atomic E-state index is 11.1. The fourth-order valence-corrected chi connectivity index (χ4v) is 3.36. The monoisotopic (exact) mass is 196 g/mol. The molecular formula is C7H16O2S2. The van der Waals surface area contributed by atoms with E-state index in [0.717, 1.165) is 19.3 Å². The third-order valence-corrected chi connectivity index (χ3v) is 4.65. The van der Waals surface area contributed by atoms with Crippen LogP contribution in [-0.4, -0.2) is 25.5 Å². The van der Waals surface area contributed by atoms with E-state index >= 15 is 0 Å². The van der Waals surface area contributed by atoms with Crippen LogP contribution in [0.25, 0.3) is 0 Å². The molecule has 0 aliphatic carbocycles. The van der Waals surface area contributed by atoms with Crippen molar-refractivity contribution in [2.75, 3.05) is 17.1 Å². The van der Waals surface area contributed by atoms with Gasteiger partial charge in [0, 0.05) is 0 Å². The molecule has 0 aliphatic heterocycles. The molecule has 4 heteroatoms. The first-order valence-corrected chi connectivity index (χ1v) is 7.03. The van der Waals surface area contributed by atoms with Gasteiger partial charge >= 0.3 is 0 Å². The molecule has 2 nitrogen and oxygen atoms in total. The van der Waals surface area contributed by atoms with Gasteiger partial charge in [-0.15, -0.1) is 11.8 Å². The SMILES string of the molecule is CCCCCS(=O)(=O)CSC. The minimum absolute atomic E-state index is 0.275. The van der Waals surface area contributed by atoms with Crippen LogP contribution in [0, 0.1) is 0 Å². The van der Waals surface area contributed by atoms with E-state index in [1.54, 1.807) is 0 Å². The number of rotatable bonds is 6. The van der Waals surface area contributed by atoms with Crippen molar-refractivity contribution in [3.8, 4) is 0 Å². The summed E-state index contributed by atoms with van der Waals surface area (Å²) < 4.78 is 22.2. The summed E-state index contributed by atoms with van der Waals surface area (Å²) in [4.78, 5) is 0. The van der Waals surface area contributed by atoms with Gasteiger partial charge in [-0.3, -0.25) is 0 Å². The van der Waals surface area contributed by atoms with Crippen LogP contribution in [-0.2, 0) is 9.84 Å². The van der Waals surface area contributed by atoms with E-state index in [-0.39, 0.29) is 5.08 Å². The third-order valence-electron chi connectivity index (χ3n) is 1.36. The van der Waals surface area contributed by atoms with Crippen molar-refractivity contribution in [2.24, 2.45) is 0 Å². The van der Waals surface area contributed by atoms with Crippen LogP contribution < -0.4 is 0 Å². The Hall–Kier alpha value is 0.300. The molecule has 0 heterocycles. The van der Waals surface area contributed by atoms with Gasteiger partial charge in [0.25, 0.3) is 0 Å². The Labute approximate surface area is 73.7 Å². The first kappa shape index (κ1) is 11.3. The van der Waals surface area contributed by atoms with Crippen LogP contribution in [0.4, 0.5) is 0 Å². The molecule has 0 unspecified atom stereocenters. The largest absolute Gasteiger partial charge is 0.228 e. The summed E-state index contributed by atoms with van der Waals surface area (Å²) in [6.45, 7) is 2.07. The van der Waals surface area contributed by atoms with Gasteiger partial charge in [-0.25, -0.2) is 8.42 Å². The molecule has 0 aromatic carbocycles. The molecule has 0 radical (unpaired) electrons. The molecule has 0 amide bonds. The number of thioether (sulfide) groups is 1. The van der Waals surface area contributed by atoms with Gasteiger partial charge in [-0.1, -0.05) is 19.8 Å². The highest BCUT2D eigenvalue weighted by atomic mass is 32.3. The molecule has 0 saturated carbocycles. The Morgan fingerprint density at radius 1 is 1.27 bits per heavy atom. The Kier molecular flexibility index (Phi) is 6.05. The normalized spacial score (nSPS) is 11.8. The van der Waals surface area contributed by atoms with Gasteiger partial charge in [0.05, 0.1) is 10.8 Å². The highest BCUT2D eigenvalue weighted by molar-refractivity contribution is 8.12. The Balaban J connectivity index is 3.56. The van der Waals surface area contributed by atoms with Crippen molar-refractivity contribution in [2.45, 2.75) is 26.2 Å². The van der Waals surface area contributed by atoms with Crippen molar-refractivity contribution in [1.82, 2.24) is 0 Å². The molecule has 0 rings (SSSR count). The average molecular weight is 196 g/mol. The quantitative estimate of drug-likeness (QED) is 0.609. The number of hydrogen-bond donors (Lipinski definition) is 0. The zero-order valence-corrected chi connectivity index (χ0v) is 8.80. The van der Waals surface area contributed by atoms with Crippen LogP contribution >= 0.6 is 11.8 Å². The lowest BCUT2D eigenvalue weighted by Gasteiger charge is -2.00. The van der Waals surface area contributed by atoms with Crippen molar-refractivity contribution < 1.29 is 8.42 Å². The molecule has 0 aromatic rings. The molecule has 0 bridgehead atoms. The summed E-state index contributed by atoms with van der Waals surface area (Å²) in [5.41, 5.74) is 0. The van der Waals surface area contributed by atoms with E-state index in [4.69, 9.17) is 0 Å². The van der Waals surface area contributed by atoms with Gasteiger partial charge in [0.2, 0.25) is 0 Å². The maximum atomic E-state index is 11.1. The fourth-order valence-electron chi connectivity index (χ4n) is 0.810. The molecule has 0 spiro atoms. The van der Waals surface area contributed by atoms with Gasteiger partial charge in [0.1, 0.15) is 0 Å². The van der Waals surface area contributed by atoms with Crippen molar-refractivity contribution >= 4 is 21.6 Å². The highest BCUT2D eigenvalue weighted by Gasteiger charge is 2.07. The Bertz CT molecular complexity index is 173. The van der Waals surface area contributed by atoms with Gasteiger partial charge < -0.3 is 0 Å². The summed E-state index contributed by atoms with van der Waals surface area (Å²) in [6.07, 6.45) is 4.74. The zero-order valence-electron chi connectivity index (χ0n) is 7.17. The lowest BCUT2D eigenvalue weighted by Crippen LogP contribution is -2.08. The second kappa shape index (κ2) is 5.89. The van der Waals surface area contributed by atoms with Gasteiger partial charge in [0.15, 0.2) is 9.84 Å². The predicted molar refractivity (Wildman–Crippen MR) is 51.7 cm³/mol. The second-order valence-electron chi connectivity index (χ2n) is 2.56. The van der Waals surface area contributed by atoms with Crippen LogP contribution in [0.1, 0.15) is 26.2 Å². The van der Waals surface area contributed by atoms with Crippen molar-refractivity contribution in [3.05, 3.63) is 0 Å². The van der Waals surface area contributed by atoms with Crippen LogP contribution in [0.15, 0.2) is 0 Å². The standard InChI is InChI=1S/C7H16O2S2/c1-3-4-5-6-11(8,9)7-10-2/h3-7H2,1-2H3. The van der Waals surface area contributed by atoms with Crippen LogP contribution in [0.2, 0.25) is 0 Å². The Morgan fingerprint density at radius 3 is 2.36 bits per heavy atom. The Morgan fingerprint density at radius 2 is 1.91 bits per heavy atom. The summed E-state index contributed by atoms with van der Waals surface area (Å²) >= 11 is 1.38. The van der Waals surface area contributed by atoms with E-state index in [1.165, 1.54) is 11.8 Å². The molecule has 0 N–H and O–H groups in total. The molecule has 0 aliphatic rings. The van der Waals surface area contributed by atoms with E-state index in [0.29, 0.717) is 5.75 Å². The second-order valence-corrected chi connectivity index (χ2v) is 5.98. The first-order valence-electron chi connectivity index (χ1n) is 3.81. The van der Waals surface area contributed by atoms with Gasteiger partial charge in [-0.05, 0) is 12.7 Å². The smallest absolute Gasteiger partial charge is 0.159 e. The predicted octanol–water partition coefficient (Wildman–Crippen LogP) is 1.91. The molecular weight excluding hydrogens is 180 g/mol. The first-order chi connectivity index (χ1) is 5.12. The number of unbranched alkanes of at least 4 members (excludes halogenated alkanes) is 2. The lowest BCUT2D eigenvalue weighted by molar-refractivity contribution is 0.595. The molecule has 0 aromatic heterocycles. The third kappa shape index (κ3) is 6.69. The highest BCUT2D eigenvalue weighted by Crippen LogP contribution is 2.05. The molecule has 0 fully saturated rings. The van der Waals surface area contributed by atoms with E-state index in [9.17, 15) is 8.42 Å². The lowest BCUT2D eigenvalue weighted by atomic mass is 10.3. The van der Waals surface area contributed by atoms with E-state index in [2.05, 4.69) is 6.92 Å². The van der Waals surface area contributed by atoms with Crippen LogP contribution in [0.5, 0.6) is 0 Å². The summed E-state index contributed by atoms with van der Waals surface area (Å²) in [6, 6.07) is 0. The molecule has 68 valence electrons. The minimum Gasteiger partial charge on any atom is -0.228 e. The molecule has 11 heavy (non-hydrogen) atoms. The summed E-state index contributed by atoms with van der Waals surface area (Å²) in [5.74, 6) is 0.363. The van der Waals surface area contributed by atoms with Crippen molar-refractivity contribution in [1.29, 1.82) is 0 Å². The van der Waals surface area contributed by atoms with Gasteiger partial charge in [-0.2, -0.15) is 0 Å². The van der Waals surface area contributed by atoms with E-state index in [1.807, 2.05) is 6.26 Å². The number of hydrogen-bond acceptors (Lipinski definition) is 3. The molecule has 0 saturated heterocycles. The number of sulfone groups is 1. The van der Waals surface area contributed by atoms with E-state index < -0.39 is 9.84 Å². The summed E-state index contributed by atoms with van der Waals surface area (Å²) in [7, 11) is -2.74. The average Bonchev–Trinajstić information content (AvgIpc) is 1.87. The zero-order chi connectivity index (χ0) is 8.74.